The number of hydrogen-bond acceptors (Lipinski definition) is 12. The topological polar surface area (TPSA) is 181 Å². The summed E-state index contributed by atoms with van der Waals surface area (Å²) in [4.78, 5) is 45.7. The molecule has 0 spiro atoms. The van der Waals surface area contributed by atoms with Crippen LogP contribution in [-0.2, 0) is 19.0 Å². The second-order valence-corrected chi connectivity index (χ2v) is 16.4. The Balaban J connectivity index is 0.770. The first-order chi connectivity index (χ1) is 29.5. The summed E-state index contributed by atoms with van der Waals surface area (Å²) >= 11 is 0. The normalized spacial score (nSPS) is 24.0. The first-order valence-electron chi connectivity index (χ1n) is 20.9. The number of phenolic OH excluding ortho intramolecular Hbond substituents is 1. The molecule has 3 aromatic carbocycles. The van der Waals surface area contributed by atoms with Crippen molar-refractivity contribution in [3.63, 3.8) is 0 Å². The Morgan fingerprint density at radius 3 is 2.43 bits per heavy atom. The lowest BCUT2D eigenvalue weighted by molar-refractivity contribution is -0.203. The number of imide groups is 1. The number of nitrogens with two attached hydrogens (primary N) is 1. The van der Waals surface area contributed by atoms with Gasteiger partial charge in [-0.3, -0.25) is 24.7 Å². The van der Waals surface area contributed by atoms with Crippen molar-refractivity contribution in [3.05, 3.63) is 95.7 Å². The highest BCUT2D eigenvalue weighted by molar-refractivity contribution is 6.06. The number of carbonyl (C=O) groups excluding carboxylic acids is 3. The van der Waals surface area contributed by atoms with E-state index in [0.29, 0.717) is 81.7 Å². The molecule has 16 heteroatoms. The van der Waals surface area contributed by atoms with Gasteiger partial charge in [-0.05, 0) is 80.4 Å². The molecule has 4 amide bonds. The van der Waals surface area contributed by atoms with Crippen molar-refractivity contribution in [1.29, 1.82) is 0 Å². The van der Waals surface area contributed by atoms with Gasteiger partial charge in [0.25, 0.3) is 5.91 Å². The molecule has 16 nitrogen and oxygen atoms in total. The first-order valence-corrected chi connectivity index (χ1v) is 20.9. The number of nitrogen functional groups attached to an aromatic ring is 1. The molecule has 4 aliphatic rings. The molecule has 4 aliphatic heterocycles. The molecule has 2 aromatic heterocycles. The van der Waals surface area contributed by atoms with Gasteiger partial charge in [-0.2, -0.15) is 0 Å². The van der Waals surface area contributed by atoms with Crippen LogP contribution < -0.4 is 20.9 Å². The number of benzene rings is 3. The third kappa shape index (κ3) is 8.11. The Hall–Kier alpha value is -6.07. The van der Waals surface area contributed by atoms with Gasteiger partial charge in [0.2, 0.25) is 5.91 Å². The number of amides is 4. The molecule has 0 bridgehead atoms. The minimum atomic E-state index is -0.398. The van der Waals surface area contributed by atoms with Gasteiger partial charge in [0.1, 0.15) is 11.9 Å². The number of fused-ring (bicyclic) bond motifs is 1. The summed E-state index contributed by atoms with van der Waals surface area (Å²) in [7, 11) is 0. The fourth-order valence-electron chi connectivity index (χ4n) is 8.82. The van der Waals surface area contributed by atoms with E-state index < -0.39 is 6.03 Å². The number of aromatic hydroxyl groups is 1. The van der Waals surface area contributed by atoms with Crippen molar-refractivity contribution in [2.75, 3.05) is 74.6 Å². The van der Waals surface area contributed by atoms with Gasteiger partial charge in [-0.15, -0.1) is 10.2 Å². The molecule has 0 saturated carbocycles. The van der Waals surface area contributed by atoms with Gasteiger partial charge >= 0.3 is 6.03 Å². The van der Waals surface area contributed by atoms with Gasteiger partial charge in [-0.25, -0.2) is 4.79 Å². The quantitative estimate of drug-likeness (QED) is 0.194. The molecular weight excluding hydrogens is 779 g/mol. The third-order valence-electron chi connectivity index (χ3n) is 12.5. The number of hydrogen-bond donors (Lipinski definition) is 3. The predicted molar refractivity (Wildman–Crippen MR) is 229 cm³/mol. The summed E-state index contributed by atoms with van der Waals surface area (Å²) in [5, 5.41) is 22.4. The summed E-state index contributed by atoms with van der Waals surface area (Å²) < 4.78 is 21.1. The molecule has 0 unspecified atom stereocenters. The number of nitrogens with zero attached hydrogens (tertiary/aromatic N) is 7. The zero-order chi connectivity index (χ0) is 42.4. The van der Waals surface area contributed by atoms with Crippen LogP contribution in [0.15, 0.2) is 79.0 Å². The van der Waals surface area contributed by atoms with E-state index in [2.05, 4.69) is 43.0 Å². The molecule has 9 rings (SSSR count). The van der Waals surface area contributed by atoms with Crippen LogP contribution in [0.2, 0.25) is 0 Å². The fourth-order valence-corrected chi connectivity index (χ4v) is 8.82. The number of aromatic nitrogens is 3. The standard InChI is InChI=1S/C45H51N9O7/c1-27-22-54(37-13-12-32(20-35(27)37)52-15-14-41(56)47-45(52)58)33-25-59-42(60-26-33)24-50-16-18-51(19-17-50)44(57)31-10-8-30(9-11-31)40-23-53(28(2)29(3)61-40)38-21-36(48-49-43(38)46)34-6-4-5-7-39(34)55/h4-13,20-22,28-29,33,40,42,55H,14-19,23-26H2,1-3H3,(H2,46,49)(H,47,56,58)/t28-,29+,33?,40+,42?/m0/s1. The van der Waals surface area contributed by atoms with Crippen molar-refractivity contribution in [3.8, 4) is 17.0 Å². The van der Waals surface area contributed by atoms with Crippen LogP contribution in [0, 0.1) is 6.92 Å². The molecule has 4 N–H and O–H groups in total. The molecule has 318 valence electrons. The van der Waals surface area contributed by atoms with E-state index in [1.807, 2.05) is 73.3 Å². The number of ether oxygens (including phenoxy) is 3. The first kappa shape index (κ1) is 40.3. The number of para-hydroxylation sites is 1. The average molecular weight is 830 g/mol. The maximum Gasteiger partial charge on any atom is 0.328 e. The van der Waals surface area contributed by atoms with Gasteiger partial charge < -0.3 is 39.4 Å². The highest BCUT2D eigenvalue weighted by atomic mass is 16.7. The van der Waals surface area contributed by atoms with Gasteiger partial charge in [0.15, 0.2) is 12.1 Å². The molecule has 3 atom stereocenters. The lowest BCUT2D eigenvalue weighted by Gasteiger charge is -2.43. The Bertz CT molecular complexity index is 2440. The molecule has 4 saturated heterocycles. The van der Waals surface area contributed by atoms with E-state index >= 15 is 0 Å². The molecule has 4 fully saturated rings. The maximum absolute atomic E-state index is 13.7. The largest absolute Gasteiger partial charge is 0.507 e. The Morgan fingerprint density at radius 1 is 0.934 bits per heavy atom. The van der Waals surface area contributed by atoms with E-state index in [1.54, 1.807) is 23.1 Å². The van der Waals surface area contributed by atoms with Crippen LogP contribution in [0.5, 0.6) is 5.75 Å². The van der Waals surface area contributed by atoms with Crippen LogP contribution in [0.25, 0.3) is 22.2 Å². The van der Waals surface area contributed by atoms with Crippen molar-refractivity contribution in [1.82, 2.24) is 29.9 Å². The number of morpholine rings is 1. The summed E-state index contributed by atoms with van der Waals surface area (Å²) in [6.45, 7) is 11.3. The highest BCUT2D eigenvalue weighted by Crippen LogP contribution is 2.37. The molecular formula is C45H51N9O7. The molecule has 61 heavy (non-hydrogen) atoms. The number of aryl methyl sites for hydroxylation is 1. The van der Waals surface area contributed by atoms with E-state index in [4.69, 9.17) is 19.9 Å². The van der Waals surface area contributed by atoms with Crippen molar-refractivity contribution >= 4 is 45.9 Å². The zero-order valence-electron chi connectivity index (χ0n) is 34.6. The van der Waals surface area contributed by atoms with Gasteiger partial charge in [-0.1, -0.05) is 24.3 Å². The molecule has 0 radical (unpaired) electrons. The number of phenols is 1. The number of carbonyl (C=O) groups is 3. The highest BCUT2D eigenvalue weighted by Gasteiger charge is 2.35. The van der Waals surface area contributed by atoms with Gasteiger partial charge in [0.05, 0.1) is 42.8 Å². The Kier molecular flexibility index (Phi) is 11.1. The van der Waals surface area contributed by atoms with Crippen LogP contribution in [0.3, 0.4) is 0 Å². The monoisotopic (exact) mass is 829 g/mol. The SMILES string of the molecule is Cc1cn(C2COC(CN3CCN(C(=O)c4ccc([C@H]5CN(c6cc(-c7ccccc7O)nnc6N)[C@@H](C)[C@@H](C)O5)cc4)CC3)OC2)c2ccc(N3CCC(=O)NC3=O)cc12. The van der Waals surface area contributed by atoms with E-state index in [-0.39, 0.29) is 54.6 Å². The maximum atomic E-state index is 13.7. The van der Waals surface area contributed by atoms with Crippen molar-refractivity contribution < 1.29 is 33.7 Å². The summed E-state index contributed by atoms with van der Waals surface area (Å²) in [6.07, 6.45) is 1.61. The third-order valence-corrected chi connectivity index (χ3v) is 12.5. The van der Waals surface area contributed by atoms with E-state index in [0.717, 1.165) is 33.4 Å². The van der Waals surface area contributed by atoms with Crippen LogP contribution in [-0.4, -0.2) is 125 Å². The summed E-state index contributed by atoms with van der Waals surface area (Å²) in [5.41, 5.74) is 12.7. The number of rotatable bonds is 8. The summed E-state index contributed by atoms with van der Waals surface area (Å²) in [5.74, 6) is 0.160. The van der Waals surface area contributed by atoms with Gasteiger partial charge in [0, 0.05) is 86.1 Å². The van der Waals surface area contributed by atoms with E-state index in [9.17, 15) is 19.5 Å². The number of anilines is 3. The molecule has 6 heterocycles. The van der Waals surface area contributed by atoms with Crippen LogP contribution in [0.1, 0.15) is 53.9 Å². The number of piperazine rings is 1. The van der Waals surface area contributed by atoms with Crippen molar-refractivity contribution in [2.24, 2.45) is 0 Å². The number of nitrogens with one attached hydrogen (secondary N) is 1. The van der Waals surface area contributed by atoms with E-state index in [1.165, 1.54) is 0 Å². The van der Waals surface area contributed by atoms with Crippen LogP contribution >= 0.6 is 0 Å². The van der Waals surface area contributed by atoms with Crippen LogP contribution in [0.4, 0.5) is 22.0 Å². The average Bonchev–Trinajstić information content (AvgIpc) is 3.60. The zero-order valence-corrected chi connectivity index (χ0v) is 34.6. The fraction of sp³-hybridized carbons (Fsp3) is 0.400. The molecule has 5 aromatic rings. The Labute approximate surface area is 353 Å². The second kappa shape index (κ2) is 16.8. The number of urea groups is 1. The minimum Gasteiger partial charge on any atom is -0.507 e. The molecule has 0 aliphatic carbocycles. The van der Waals surface area contributed by atoms with Crippen molar-refractivity contribution in [2.45, 2.75) is 57.8 Å². The predicted octanol–water partition coefficient (Wildman–Crippen LogP) is 4.87. The lowest BCUT2D eigenvalue weighted by atomic mass is 10.0. The summed E-state index contributed by atoms with van der Waals surface area (Å²) in [6, 6.07) is 22.1. The Morgan fingerprint density at radius 2 is 1.69 bits per heavy atom. The smallest absolute Gasteiger partial charge is 0.328 e. The lowest BCUT2D eigenvalue weighted by Crippen LogP contribution is -2.51. The minimum absolute atomic E-state index is 0.00428. The second-order valence-electron chi connectivity index (χ2n) is 16.4.